The largest absolute Gasteiger partial charge is 0.463 e. The van der Waals surface area contributed by atoms with Crippen LogP contribution in [0.4, 0.5) is 0 Å². The molecule has 8 heteroatoms. The van der Waals surface area contributed by atoms with Crippen LogP contribution in [0.25, 0.3) is 0 Å². The predicted octanol–water partition coefficient (Wildman–Crippen LogP) is 3.90. The molecule has 0 unspecified atom stereocenters. The molecule has 0 aromatic rings. The Morgan fingerprint density at radius 3 is 2.35 bits per heavy atom. The molecule has 7 nitrogen and oxygen atoms in total. The Morgan fingerprint density at radius 2 is 1.71 bits per heavy atom. The van der Waals surface area contributed by atoms with Gasteiger partial charge in [-0.3, -0.25) is 9.35 Å². The fraction of sp³-hybridized carbons (Fsp3) is 0.957. The Hall–Kier alpha value is -0.700. The van der Waals surface area contributed by atoms with Crippen molar-refractivity contribution in [2.24, 2.45) is 34.5 Å². The van der Waals surface area contributed by atoms with Gasteiger partial charge in [-0.05, 0) is 93.8 Å². The van der Waals surface area contributed by atoms with Crippen molar-refractivity contribution in [3.63, 3.8) is 0 Å². The number of esters is 1. The molecule has 4 rings (SSSR count). The van der Waals surface area contributed by atoms with Gasteiger partial charge in [-0.2, -0.15) is 8.42 Å². The van der Waals surface area contributed by atoms with E-state index in [2.05, 4.69) is 13.8 Å². The van der Waals surface area contributed by atoms with Gasteiger partial charge >= 0.3 is 16.4 Å². The van der Waals surface area contributed by atoms with Gasteiger partial charge in [0.15, 0.2) is 0 Å². The van der Waals surface area contributed by atoms with Crippen molar-refractivity contribution in [2.45, 2.75) is 103 Å². The summed E-state index contributed by atoms with van der Waals surface area (Å²) in [5.41, 5.74) is -1.49. The smallest absolute Gasteiger partial charge is 0.397 e. The molecular weight excluding hydrogens is 421 g/mol. The Labute approximate surface area is 186 Å². The molecule has 4 fully saturated rings. The Kier molecular flexibility index (Phi) is 5.81. The van der Waals surface area contributed by atoms with Gasteiger partial charge in [-0.25, -0.2) is 4.18 Å². The quantitative estimate of drug-likeness (QED) is 0.373. The van der Waals surface area contributed by atoms with Gasteiger partial charge in [-0.1, -0.05) is 13.8 Å². The first-order valence-electron chi connectivity index (χ1n) is 11.9. The zero-order chi connectivity index (χ0) is 22.8. The Bertz CT molecular complexity index is 828. The fourth-order valence-corrected chi connectivity index (χ4v) is 9.07. The second kappa shape index (κ2) is 7.67. The molecule has 0 spiro atoms. The van der Waals surface area contributed by atoms with Crippen molar-refractivity contribution in [3.05, 3.63) is 0 Å². The summed E-state index contributed by atoms with van der Waals surface area (Å²) >= 11 is 0. The van der Waals surface area contributed by atoms with Crippen LogP contribution in [0.2, 0.25) is 0 Å². The van der Waals surface area contributed by atoms with Gasteiger partial charge < -0.3 is 9.84 Å². The lowest BCUT2D eigenvalue weighted by Crippen LogP contribution is -2.60. The van der Waals surface area contributed by atoms with E-state index in [0.29, 0.717) is 30.1 Å². The number of ether oxygens (including phenoxy) is 1. The second-order valence-electron chi connectivity index (χ2n) is 11.2. The minimum atomic E-state index is -4.62. The van der Waals surface area contributed by atoms with Crippen molar-refractivity contribution in [3.8, 4) is 0 Å². The number of hydrogen-bond donors (Lipinski definition) is 2. The van der Waals surface area contributed by atoms with Gasteiger partial charge in [0.1, 0.15) is 12.2 Å². The summed E-state index contributed by atoms with van der Waals surface area (Å²) in [4.78, 5) is 11.4. The Morgan fingerprint density at radius 1 is 1.03 bits per heavy atom. The molecule has 0 aliphatic heterocycles. The molecule has 0 heterocycles. The highest BCUT2D eigenvalue weighted by molar-refractivity contribution is 7.80. The van der Waals surface area contributed by atoms with Crippen LogP contribution in [-0.4, -0.2) is 41.9 Å². The lowest BCUT2D eigenvalue weighted by atomic mass is 9.44. The normalized spacial score (nSPS) is 48.3. The summed E-state index contributed by atoms with van der Waals surface area (Å²) in [6.45, 7) is 7.56. The third-order valence-electron chi connectivity index (χ3n) is 10.1. The van der Waals surface area contributed by atoms with Crippen LogP contribution in [0.15, 0.2) is 0 Å². The maximum Gasteiger partial charge on any atom is 0.397 e. The number of aliphatic hydroxyl groups is 1. The summed E-state index contributed by atoms with van der Waals surface area (Å²) in [5, 5.41) is 11.6. The van der Waals surface area contributed by atoms with Crippen molar-refractivity contribution in [1.29, 1.82) is 0 Å². The van der Waals surface area contributed by atoms with Crippen LogP contribution in [0, 0.1) is 34.5 Å². The molecule has 4 aliphatic rings. The topological polar surface area (TPSA) is 110 Å². The summed E-state index contributed by atoms with van der Waals surface area (Å²) in [6.07, 6.45) is 7.36. The minimum absolute atomic E-state index is 0.0379. The Balaban J connectivity index is 1.54. The van der Waals surface area contributed by atoms with Gasteiger partial charge in [0, 0.05) is 12.3 Å². The zero-order valence-corrected chi connectivity index (χ0v) is 20.0. The third kappa shape index (κ3) is 3.75. The number of rotatable bonds is 4. The summed E-state index contributed by atoms with van der Waals surface area (Å²) in [7, 11) is -4.62. The van der Waals surface area contributed by atoms with Crippen molar-refractivity contribution in [2.75, 3.05) is 0 Å². The van der Waals surface area contributed by atoms with Gasteiger partial charge in [0.2, 0.25) is 0 Å². The highest BCUT2D eigenvalue weighted by Crippen LogP contribution is 2.69. The van der Waals surface area contributed by atoms with E-state index in [0.717, 1.165) is 51.4 Å². The monoisotopic (exact) mass is 459 g/mol. The van der Waals surface area contributed by atoms with Crippen LogP contribution in [0.5, 0.6) is 0 Å². The molecule has 0 aromatic heterocycles. The first-order valence-corrected chi connectivity index (χ1v) is 13.2. The van der Waals surface area contributed by atoms with E-state index in [1.807, 2.05) is 0 Å². The molecule has 178 valence electrons. The molecule has 0 radical (unpaired) electrons. The van der Waals surface area contributed by atoms with Crippen LogP contribution in [0.1, 0.15) is 85.5 Å². The molecular formula is C23H38O7S. The standard InChI is InChI=1S/C23H38O7S/c1-14(30-31(26,27)28)23(25)12-9-20-18-6-5-16-13-17(29-15(2)24)7-10-21(16,3)19(18)8-11-22(20,23)4/h14,16-20,25H,5-13H2,1-4H3,(H,26,27,28)/t14-,16+,17+,18+,19-,20-,21-,22-,23-/m0/s1/i14+1. The SMILES string of the molecule is CC(=O)O[C@@H]1CC[C@@]2(C)[C@H](CC[C@@H]3[C@@H]2CC[C@@]2(C)[C@H]3CC[C@]2(O)[13C@H](C)OS(=O)(=O)O)C1. The second-order valence-corrected chi connectivity index (χ2v) is 12.3. The molecule has 0 amide bonds. The van der Waals surface area contributed by atoms with Crippen LogP contribution < -0.4 is 0 Å². The van der Waals surface area contributed by atoms with E-state index in [4.69, 9.17) is 8.92 Å². The molecule has 4 aliphatic carbocycles. The number of carbonyl (C=O) groups excluding carboxylic acids is 1. The average Bonchev–Trinajstić information content (AvgIpc) is 2.93. The summed E-state index contributed by atoms with van der Waals surface area (Å²) in [6, 6.07) is 0. The maximum absolute atomic E-state index is 11.6. The van der Waals surface area contributed by atoms with Gasteiger partial charge in [0.25, 0.3) is 0 Å². The first kappa shape index (κ1) is 23.5. The highest BCUT2D eigenvalue weighted by Gasteiger charge is 2.66. The lowest BCUT2D eigenvalue weighted by molar-refractivity contribution is -0.185. The number of fused-ring (bicyclic) bond motifs is 5. The van der Waals surface area contributed by atoms with E-state index in [1.165, 1.54) is 6.92 Å². The van der Waals surface area contributed by atoms with E-state index in [1.54, 1.807) is 6.92 Å². The molecule has 2 N–H and O–H groups in total. The number of hydrogen-bond acceptors (Lipinski definition) is 6. The van der Waals surface area contributed by atoms with Crippen LogP contribution in [-0.2, 0) is 24.1 Å². The molecule has 0 aromatic carbocycles. The highest BCUT2D eigenvalue weighted by atomic mass is 32.3. The molecule has 0 bridgehead atoms. The van der Waals surface area contributed by atoms with Crippen molar-refractivity contribution >= 4 is 16.4 Å². The average molecular weight is 460 g/mol. The maximum atomic E-state index is 11.6. The van der Waals surface area contributed by atoms with E-state index in [9.17, 15) is 22.9 Å². The van der Waals surface area contributed by atoms with E-state index < -0.39 is 27.5 Å². The van der Waals surface area contributed by atoms with Crippen LogP contribution >= 0.6 is 0 Å². The zero-order valence-electron chi connectivity index (χ0n) is 19.2. The minimum Gasteiger partial charge on any atom is -0.463 e. The fourth-order valence-electron chi connectivity index (χ4n) is 8.54. The third-order valence-corrected chi connectivity index (χ3v) is 10.6. The van der Waals surface area contributed by atoms with Gasteiger partial charge in [-0.15, -0.1) is 0 Å². The molecule has 9 atom stereocenters. The predicted molar refractivity (Wildman–Crippen MR) is 114 cm³/mol. The van der Waals surface area contributed by atoms with Crippen molar-refractivity contribution in [1.82, 2.24) is 0 Å². The van der Waals surface area contributed by atoms with Crippen molar-refractivity contribution < 1.29 is 31.8 Å². The number of carbonyl (C=O) groups is 1. The van der Waals surface area contributed by atoms with Gasteiger partial charge in [0.05, 0.1) is 5.60 Å². The molecule has 31 heavy (non-hydrogen) atoms. The first-order chi connectivity index (χ1) is 14.3. The van der Waals surface area contributed by atoms with Crippen LogP contribution in [0.3, 0.4) is 0 Å². The lowest BCUT2D eigenvalue weighted by Gasteiger charge is -2.62. The molecule has 0 saturated heterocycles. The van der Waals surface area contributed by atoms with E-state index in [-0.39, 0.29) is 17.5 Å². The summed E-state index contributed by atoms with van der Waals surface area (Å²) in [5.74, 6) is 1.74. The molecule has 4 saturated carbocycles. The summed E-state index contributed by atoms with van der Waals surface area (Å²) < 4.78 is 42.2. The van der Waals surface area contributed by atoms with E-state index >= 15 is 0 Å².